The number of hydrogen-bond acceptors (Lipinski definition) is 8. The van der Waals surface area contributed by atoms with E-state index >= 15 is 0 Å². The van der Waals surface area contributed by atoms with Crippen molar-refractivity contribution in [2.24, 2.45) is 5.92 Å². The second-order valence-electron chi connectivity index (χ2n) is 6.57. The Morgan fingerprint density at radius 3 is 2.54 bits per heavy atom. The summed E-state index contributed by atoms with van der Waals surface area (Å²) in [6.45, 7) is 6.04. The first-order valence-electron chi connectivity index (χ1n) is 8.85. The van der Waals surface area contributed by atoms with E-state index in [0.717, 1.165) is 0 Å². The van der Waals surface area contributed by atoms with Crippen LogP contribution >= 0.6 is 11.6 Å². The van der Waals surface area contributed by atoms with Crippen LogP contribution in [0.25, 0.3) is 0 Å². The molecule has 2 rings (SSSR count). The van der Waals surface area contributed by atoms with E-state index < -0.39 is 30.0 Å². The molecule has 1 fully saturated rings. The number of ether oxygens (including phenoxy) is 2. The van der Waals surface area contributed by atoms with Crippen molar-refractivity contribution in [1.29, 1.82) is 0 Å². The van der Waals surface area contributed by atoms with Gasteiger partial charge in [0.25, 0.3) is 0 Å². The predicted molar refractivity (Wildman–Crippen MR) is 97.0 cm³/mol. The third kappa shape index (κ3) is 4.62. The molecule has 148 valence electrons. The molecule has 1 aliphatic carbocycles. The zero-order valence-electron chi connectivity index (χ0n) is 15.4. The summed E-state index contributed by atoms with van der Waals surface area (Å²) in [5.74, 6) is 0.0169. The molecule has 0 amide bonds. The van der Waals surface area contributed by atoms with Crippen molar-refractivity contribution in [2.75, 3.05) is 25.1 Å². The number of nitrogens with one attached hydrogen (secondary N) is 1. The summed E-state index contributed by atoms with van der Waals surface area (Å²) in [5.41, 5.74) is -0.775. The molecular formula is C17H28ClN3O5. The highest BCUT2D eigenvalue weighted by molar-refractivity contribution is 6.30. The lowest BCUT2D eigenvalue weighted by Crippen LogP contribution is -2.45. The molecule has 9 heteroatoms. The number of halogens is 1. The quantitative estimate of drug-likeness (QED) is 0.364. The van der Waals surface area contributed by atoms with Gasteiger partial charge in [0, 0.05) is 37.7 Å². The Kier molecular flexibility index (Phi) is 7.57. The van der Waals surface area contributed by atoms with Gasteiger partial charge in [0.15, 0.2) is 6.29 Å². The fourth-order valence-corrected chi connectivity index (χ4v) is 3.51. The summed E-state index contributed by atoms with van der Waals surface area (Å²) in [4.78, 5) is 8.25. The minimum absolute atomic E-state index is 0.212. The van der Waals surface area contributed by atoms with Crippen LogP contribution in [0, 0.1) is 5.92 Å². The van der Waals surface area contributed by atoms with Gasteiger partial charge in [0.1, 0.15) is 23.4 Å². The molecule has 26 heavy (non-hydrogen) atoms. The monoisotopic (exact) mass is 389 g/mol. The molecule has 0 aliphatic heterocycles. The Labute approximate surface area is 158 Å². The van der Waals surface area contributed by atoms with Crippen LogP contribution in [-0.4, -0.2) is 69.1 Å². The van der Waals surface area contributed by atoms with E-state index in [1.54, 1.807) is 0 Å². The first kappa shape index (κ1) is 21.3. The standard InChI is InChI=1S/C17H28ClN3O5/c1-4-25-13(26-5-2)7-11-15(18)19-9-20-16(11)21-12-6-10(8-22)17(3,24)14(12)23/h9-10,12-14,22-24H,4-8H2,1-3H3,(H,19,20,21)/t10-,12-,14+,17-/m1/s1. The molecule has 0 aromatic carbocycles. The van der Waals surface area contributed by atoms with E-state index in [9.17, 15) is 15.3 Å². The van der Waals surface area contributed by atoms with Gasteiger partial charge in [-0.2, -0.15) is 0 Å². The molecule has 8 nitrogen and oxygen atoms in total. The van der Waals surface area contributed by atoms with Crippen molar-refractivity contribution in [2.45, 2.75) is 57.6 Å². The fourth-order valence-electron chi connectivity index (χ4n) is 3.30. The maximum atomic E-state index is 10.4. The van der Waals surface area contributed by atoms with E-state index in [-0.39, 0.29) is 11.8 Å². The SMILES string of the molecule is CCOC(Cc1c(Cl)ncnc1N[C@@H]1C[C@H](CO)[C@@](C)(O)[C@H]1O)OCC. The minimum atomic E-state index is -1.39. The Bertz CT molecular complexity index is 584. The predicted octanol–water partition coefficient (Wildman–Crippen LogP) is 0.976. The van der Waals surface area contributed by atoms with E-state index in [1.807, 2.05) is 13.8 Å². The maximum absolute atomic E-state index is 10.4. The number of aliphatic hydroxyl groups is 3. The van der Waals surface area contributed by atoms with Gasteiger partial charge in [-0.05, 0) is 27.2 Å². The molecule has 0 spiro atoms. The van der Waals surface area contributed by atoms with Crippen LogP contribution < -0.4 is 5.32 Å². The Morgan fingerprint density at radius 2 is 2.00 bits per heavy atom. The molecule has 4 N–H and O–H groups in total. The normalized spacial score (nSPS) is 28.7. The molecule has 1 heterocycles. The number of aromatic nitrogens is 2. The largest absolute Gasteiger partial charge is 0.396 e. The third-order valence-corrected chi connectivity index (χ3v) is 5.18. The number of aliphatic hydroxyl groups excluding tert-OH is 2. The maximum Gasteiger partial charge on any atom is 0.161 e. The number of anilines is 1. The second-order valence-corrected chi connectivity index (χ2v) is 6.93. The summed E-state index contributed by atoms with van der Waals surface area (Å²) in [7, 11) is 0. The van der Waals surface area contributed by atoms with E-state index in [1.165, 1.54) is 13.3 Å². The van der Waals surface area contributed by atoms with Gasteiger partial charge < -0.3 is 30.1 Å². The van der Waals surface area contributed by atoms with Gasteiger partial charge in [-0.3, -0.25) is 0 Å². The summed E-state index contributed by atoms with van der Waals surface area (Å²) >= 11 is 6.25. The average Bonchev–Trinajstić information content (AvgIpc) is 2.81. The lowest BCUT2D eigenvalue weighted by Gasteiger charge is -2.28. The smallest absolute Gasteiger partial charge is 0.161 e. The van der Waals surface area contributed by atoms with Crippen molar-refractivity contribution in [3.8, 4) is 0 Å². The van der Waals surface area contributed by atoms with Crippen molar-refractivity contribution in [1.82, 2.24) is 9.97 Å². The van der Waals surface area contributed by atoms with Crippen LogP contribution in [0.5, 0.6) is 0 Å². The van der Waals surface area contributed by atoms with Crippen LogP contribution in [0.3, 0.4) is 0 Å². The molecule has 0 unspecified atom stereocenters. The summed E-state index contributed by atoms with van der Waals surface area (Å²) in [5, 5.41) is 33.7. The fraction of sp³-hybridized carbons (Fsp3) is 0.765. The molecule has 4 atom stereocenters. The van der Waals surface area contributed by atoms with Crippen LogP contribution in [0.15, 0.2) is 6.33 Å². The molecule has 0 saturated heterocycles. The lowest BCUT2D eigenvalue weighted by atomic mass is 9.92. The third-order valence-electron chi connectivity index (χ3n) is 4.86. The Morgan fingerprint density at radius 1 is 1.35 bits per heavy atom. The van der Waals surface area contributed by atoms with Crippen LogP contribution in [0.2, 0.25) is 5.15 Å². The van der Waals surface area contributed by atoms with Crippen LogP contribution in [0.1, 0.15) is 32.8 Å². The van der Waals surface area contributed by atoms with Gasteiger partial charge in [0.2, 0.25) is 0 Å². The highest BCUT2D eigenvalue weighted by atomic mass is 35.5. The molecular weight excluding hydrogens is 362 g/mol. The molecule has 1 saturated carbocycles. The summed E-state index contributed by atoms with van der Waals surface area (Å²) in [6, 6.07) is -0.482. The molecule has 0 bridgehead atoms. The second kappa shape index (κ2) is 9.25. The first-order valence-corrected chi connectivity index (χ1v) is 9.23. The van der Waals surface area contributed by atoms with Crippen molar-refractivity contribution >= 4 is 17.4 Å². The van der Waals surface area contributed by atoms with Gasteiger partial charge in [0.05, 0.1) is 11.6 Å². The summed E-state index contributed by atoms with van der Waals surface area (Å²) in [6.07, 6.45) is 0.512. The first-order chi connectivity index (χ1) is 12.3. The average molecular weight is 390 g/mol. The van der Waals surface area contributed by atoms with E-state index in [0.29, 0.717) is 37.4 Å². The van der Waals surface area contributed by atoms with Crippen molar-refractivity contribution in [3.05, 3.63) is 17.0 Å². The Balaban J connectivity index is 2.21. The molecule has 1 aromatic heterocycles. The molecule has 1 aliphatic rings. The number of hydrogen-bond donors (Lipinski definition) is 4. The molecule has 1 aromatic rings. The van der Waals surface area contributed by atoms with Gasteiger partial charge in [-0.25, -0.2) is 9.97 Å². The van der Waals surface area contributed by atoms with E-state index in [4.69, 9.17) is 21.1 Å². The van der Waals surface area contributed by atoms with Gasteiger partial charge >= 0.3 is 0 Å². The van der Waals surface area contributed by atoms with Crippen molar-refractivity contribution in [3.63, 3.8) is 0 Å². The molecule has 0 radical (unpaired) electrons. The summed E-state index contributed by atoms with van der Waals surface area (Å²) < 4.78 is 11.1. The Hall–Kier alpha value is -1.03. The highest BCUT2D eigenvalue weighted by Gasteiger charge is 2.50. The van der Waals surface area contributed by atoms with Crippen molar-refractivity contribution < 1.29 is 24.8 Å². The van der Waals surface area contributed by atoms with Gasteiger partial charge in [-0.1, -0.05) is 11.6 Å². The zero-order valence-corrected chi connectivity index (χ0v) is 16.1. The highest BCUT2D eigenvalue weighted by Crippen LogP contribution is 2.37. The topological polar surface area (TPSA) is 117 Å². The van der Waals surface area contributed by atoms with Gasteiger partial charge in [-0.15, -0.1) is 0 Å². The minimum Gasteiger partial charge on any atom is -0.396 e. The van der Waals surface area contributed by atoms with Crippen LogP contribution in [-0.2, 0) is 15.9 Å². The zero-order chi connectivity index (χ0) is 19.3. The lowest BCUT2D eigenvalue weighted by molar-refractivity contribution is -0.134. The van der Waals surface area contributed by atoms with Crippen LogP contribution in [0.4, 0.5) is 5.82 Å². The number of rotatable bonds is 9. The number of nitrogens with zero attached hydrogens (tertiary/aromatic N) is 2. The van der Waals surface area contributed by atoms with E-state index in [2.05, 4.69) is 15.3 Å².